The van der Waals surface area contributed by atoms with Crippen molar-refractivity contribution in [2.75, 3.05) is 6.54 Å². The van der Waals surface area contributed by atoms with Gasteiger partial charge in [-0.25, -0.2) is 0 Å². The summed E-state index contributed by atoms with van der Waals surface area (Å²) in [5.41, 5.74) is 3.85. The SMILES string of the molecule is Cc1[nH]ncc1CCCNCc1ccc2ccccc2c1. The molecule has 1 heterocycles. The van der Waals surface area contributed by atoms with Crippen LogP contribution in [-0.2, 0) is 13.0 Å². The maximum absolute atomic E-state index is 4.05. The number of rotatable bonds is 6. The quantitative estimate of drug-likeness (QED) is 0.677. The van der Waals surface area contributed by atoms with Gasteiger partial charge in [0.05, 0.1) is 6.20 Å². The van der Waals surface area contributed by atoms with Gasteiger partial charge in [-0.3, -0.25) is 5.10 Å². The molecule has 21 heavy (non-hydrogen) atoms. The maximum atomic E-state index is 4.05. The lowest BCUT2D eigenvalue weighted by Crippen LogP contribution is -2.15. The fourth-order valence-corrected chi connectivity index (χ4v) is 2.61. The monoisotopic (exact) mass is 279 g/mol. The Hall–Kier alpha value is -2.13. The average Bonchev–Trinajstić information content (AvgIpc) is 2.92. The highest BCUT2D eigenvalue weighted by atomic mass is 15.1. The first-order valence-electron chi connectivity index (χ1n) is 7.50. The molecule has 0 aliphatic carbocycles. The maximum Gasteiger partial charge on any atom is 0.0522 e. The first-order chi connectivity index (χ1) is 10.3. The first kappa shape index (κ1) is 13.8. The zero-order valence-corrected chi connectivity index (χ0v) is 12.4. The number of hydrogen-bond acceptors (Lipinski definition) is 2. The molecule has 0 unspecified atom stereocenters. The molecule has 0 fully saturated rings. The zero-order chi connectivity index (χ0) is 14.5. The minimum absolute atomic E-state index is 0.926. The van der Waals surface area contributed by atoms with Crippen molar-refractivity contribution in [3.05, 3.63) is 65.5 Å². The van der Waals surface area contributed by atoms with Crippen LogP contribution in [-0.4, -0.2) is 16.7 Å². The van der Waals surface area contributed by atoms with E-state index in [1.54, 1.807) is 0 Å². The van der Waals surface area contributed by atoms with Crippen molar-refractivity contribution in [3.63, 3.8) is 0 Å². The van der Waals surface area contributed by atoms with Crippen molar-refractivity contribution >= 4 is 10.8 Å². The highest BCUT2D eigenvalue weighted by Gasteiger charge is 2.00. The van der Waals surface area contributed by atoms with Gasteiger partial charge in [0.2, 0.25) is 0 Å². The Balaban J connectivity index is 1.47. The lowest BCUT2D eigenvalue weighted by atomic mass is 10.1. The van der Waals surface area contributed by atoms with Crippen LogP contribution in [0, 0.1) is 6.92 Å². The van der Waals surface area contributed by atoms with Gasteiger partial charge in [0.1, 0.15) is 0 Å². The number of fused-ring (bicyclic) bond motifs is 1. The van der Waals surface area contributed by atoms with Gasteiger partial charge in [-0.15, -0.1) is 0 Å². The molecule has 0 saturated heterocycles. The van der Waals surface area contributed by atoms with Crippen molar-refractivity contribution in [3.8, 4) is 0 Å². The number of H-pyrrole nitrogens is 1. The standard InChI is InChI=1S/C18H21N3/c1-14-18(13-20-21-14)7-4-10-19-12-15-8-9-16-5-2-3-6-17(16)11-15/h2-3,5-6,8-9,11,13,19H,4,7,10,12H2,1H3,(H,20,21). The van der Waals surface area contributed by atoms with E-state index in [-0.39, 0.29) is 0 Å². The normalized spacial score (nSPS) is 11.1. The van der Waals surface area contributed by atoms with Crippen molar-refractivity contribution in [1.82, 2.24) is 15.5 Å². The molecule has 0 radical (unpaired) electrons. The highest BCUT2D eigenvalue weighted by Crippen LogP contribution is 2.15. The second-order valence-corrected chi connectivity index (χ2v) is 5.48. The summed E-state index contributed by atoms with van der Waals surface area (Å²) in [6, 6.07) is 15.2. The number of aromatic amines is 1. The molecule has 0 spiro atoms. The van der Waals surface area contributed by atoms with Gasteiger partial charge in [0, 0.05) is 12.2 Å². The van der Waals surface area contributed by atoms with Crippen LogP contribution >= 0.6 is 0 Å². The fraction of sp³-hybridized carbons (Fsp3) is 0.278. The molecule has 0 atom stereocenters. The topological polar surface area (TPSA) is 40.7 Å². The molecule has 0 amide bonds. The Morgan fingerprint density at radius 1 is 1.10 bits per heavy atom. The molecule has 2 N–H and O–H groups in total. The number of aromatic nitrogens is 2. The highest BCUT2D eigenvalue weighted by molar-refractivity contribution is 5.82. The molecular weight excluding hydrogens is 258 g/mol. The summed E-state index contributed by atoms with van der Waals surface area (Å²) in [5.74, 6) is 0. The minimum Gasteiger partial charge on any atom is -0.313 e. The summed E-state index contributed by atoms with van der Waals surface area (Å²) in [6.45, 7) is 4.03. The van der Waals surface area contributed by atoms with Crippen molar-refractivity contribution < 1.29 is 0 Å². The van der Waals surface area contributed by atoms with Crippen molar-refractivity contribution in [1.29, 1.82) is 0 Å². The van der Waals surface area contributed by atoms with Gasteiger partial charge in [-0.2, -0.15) is 5.10 Å². The number of nitrogens with zero attached hydrogens (tertiary/aromatic N) is 1. The summed E-state index contributed by atoms with van der Waals surface area (Å²) in [4.78, 5) is 0. The molecule has 0 aliphatic rings. The number of aryl methyl sites for hydroxylation is 2. The van der Waals surface area contributed by atoms with E-state index in [0.29, 0.717) is 0 Å². The van der Waals surface area contributed by atoms with Crippen LogP contribution in [0.25, 0.3) is 10.8 Å². The predicted octanol–water partition coefficient (Wildman–Crippen LogP) is 3.59. The molecule has 0 bridgehead atoms. The van der Waals surface area contributed by atoms with Crippen LogP contribution in [0.15, 0.2) is 48.7 Å². The zero-order valence-electron chi connectivity index (χ0n) is 12.4. The molecule has 3 heteroatoms. The summed E-state index contributed by atoms with van der Waals surface area (Å²) >= 11 is 0. The molecule has 0 saturated carbocycles. The van der Waals surface area contributed by atoms with E-state index >= 15 is 0 Å². The van der Waals surface area contributed by atoms with Crippen molar-refractivity contribution in [2.24, 2.45) is 0 Å². The molecule has 3 aromatic rings. The van der Waals surface area contributed by atoms with E-state index < -0.39 is 0 Å². The number of hydrogen-bond donors (Lipinski definition) is 2. The van der Waals surface area contributed by atoms with Gasteiger partial charge in [0.25, 0.3) is 0 Å². The first-order valence-corrected chi connectivity index (χ1v) is 7.50. The lowest BCUT2D eigenvalue weighted by molar-refractivity contribution is 0.649. The van der Waals surface area contributed by atoms with E-state index in [1.807, 2.05) is 6.20 Å². The van der Waals surface area contributed by atoms with Gasteiger partial charge in [-0.1, -0.05) is 36.4 Å². The van der Waals surface area contributed by atoms with Crippen LogP contribution in [0.3, 0.4) is 0 Å². The smallest absolute Gasteiger partial charge is 0.0522 e. The Morgan fingerprint density at radius 3 is 2.76 bits per heavy atom. The lowest BCUT2D eigenvalue weighted by Gasteiger charge is -2.06. The van der Waals surface area contributed by atoms with Gasteiger partial charge in [0.15, 0.2) is 0 Å². The van der Waals surface area contributed by atoms with Crippen molar-refractivity contribution in [2.45, 2.75) is 26.3 Å². The second-order valence-electron chi connectivity index (χ2n) is 5.48. The van der Waals surface area contributed by atoms with E-state index in [9.17, 15) is 0 Å². The van der Waals surface area contributed by atoms with Gasteiger partial charge in [-0.05, 0) is 54.3 Å². The third-order valence-electron chi connectivity index (χ3n) is 3.88. The summed E-state index contributed by atoms with van der Waals surface area (Å²) in [5, 5.41) is 13.2. The molecule has 0 aliphatic heterocycles. The fourth-order valence-electron chi connectivity index (χ4n) is 2.61. The van der Waals surface area contributed by atoms with Gasteiger partial charge >= 0.3 is 0 Å². The van der Waals surface area contributed by atoms with Crippen LogP contribution in [0.5, 0.6) is 0 Å². The molecule has 2 aromatic carbocycles. The van der Waals surface area contributed by atoms with Crippen LogP contribution in [0.4, 0.5) is 0 Å². The van der Waals surface area contributed by atoms with Crippen LogP contribution in [0.1, 0.15) is 23.2 Å². The Bertz CT molecular complexity index is 715. The molecular formula is C18H21N3. The average molecular weight is 279 g/mol. The summed E-state index contributed by atoms with van der Waals surface area (Å²) in [7, 11) is 0. The van der Waals surface area contributed by atoms with Crippen LogP contribution < -0.4 is 5.32 Å². The third-order valence-corrected chi connectivity index (χ3v) is 3.88. The molecule has 3 nitrogen and oxygen atoms in total. The molecule has 108 valence electrons. The van der Waals surface area contributed by atoms with E-state index in [1.165, 1.54) is 27.6 Å². The molecule has 1 aromatic heterocycles. The summed E-state index contributed by atoms with van der Waals surface area (Å²) in [6.07, 6.45) is 4.14. The Labute approximate surface area is 125 Å². The van der Waals surface area contributed by atoms with E-state index in [2.05, 4.69) is 64.9 Å². The number of nitrogens with one attached hydrogen (secondary N) is 2. The van der Waals surface area contributed by atoms with Crippen LogP contribution in [0.2, 0.25) is 0 Å². The predicted molar refractivity (Wildman–Crippen MR) is 87.3 cm³/mol. The second kappa shape index (κ2) is 6.55. The Kier molecular flexibility index (Phi) is 4.31. The van der Waals surface area contributed by atoms with E-state index in [0.717, 1.165) is 25.9 Å². The molecule has 3 rings (SSSR count). The third kappa shape index (κ3) is 3.50. The van der Waals surface area contributed by atoms with E-state index in [4.69, 9.17) is 0 Å². The number of benzene rings is 2. The minimum atomic E-state index is 0.926. The Morgan fingerprint density at radius 2 is 1.95 bits per heavy atom. The largest absolute Gasteiger partial charge is 0.313 e. The summed E-state index contributed by atoms with van der Waals surface area (Å²) < 4.78 is 0. The van der Waals surface area contributed by atoms with Gasteiger partial charge < -0.3 is 5.32 Å².